The fourth-order valence-electron chi connectivity index (χ4n) is 4.14. The first-order valence-electron chi connectivity index (χ1n) is 8.77. The minimum atomic E-state index is -4.36. The molecular formula is C18H26Cl3F3N2. The summed E-state index contributed by atoms with van der Waals surface area (Å²) in [6.45, 7) is 3.51. The Morgan fingerprint density at radius 1 is 1.00 bits per heavy atom. The molecule has 0 amide bonds. The Labute approximate surface area is 170 Å². The molecule has 1 aromatic rings. The number of rotatable bonds is 3. The van der Waals surface area contributed by atoms with Gasteiger partial charge in [0.05, 0.1) is 5.56 Å². The summed E-state index contributed by atoms with van der Waals surface area (Å²) >= 11 is 6.05. The first kappa shape index (κ1) is 23.8. The van der Waals surface area contributed by atoms with Crippen LogP contribution < -0.4 is 5.32 Å². The number of alkyl halides is 3. The average molecular weight is 434 g/mol. The summed E-state index contributed by atoms with van der Waals surface area (Å²) in [7, 11) is 0. The van der Waals surface area contributed by atoms with Crippen molar-refractivity contribution in [1.29, 1.82) is 0 Å². The molecule has 26 heavy (non-hydrogen) atoms. The fourth-order valence-corrected chi connectivity index (χ4v) is 4.38. The maximum absolute atomic E-state index is 13.2. The highest BCUT2D eigenvalue weighted by Gasteiger charge is 2.35. The van der Waals surface area contributed by atoms with E-state index in [9.17, 15) is 13.2 Å². The molecule has 1 aliphatic carbocycles. The van der Waals surface area contributed by atoms with Crippen molar-refractivity contribution in [3.63, 3.8) is 0 Å². The maximum atomic E-state index is 13.2. The molecule has 1 N–H and O–H groups in total. The summed E-state index contributed by atoms with van der Waals surface area (Å²) in [6, 6.07) is 4.11. The van der Waals surface area contributed by atoms with E-state index in [1.165, 1.54) is 25.3 Å². The van der Waals surface area contributed by atoms with Gasteiger partial charge in [-0.15, -0.1) is 24.8 Å². The Bertz CT molecular complexity index is 539. The zero-order chi connectivity index (χ0) is 17.2. The Morgan fingerprint density at radius 2 is 1.62 bits per heavy atom. The summed E-state index contributed by atoms with van der Waals surface area (Å²) in [5, 5.41) is 3.50. The summed E-state index contributed by atoms with van der Waals surface area (Å²) in [5.74, 6) is 0.413. The van der Waals surface area contributed by atoms with E-state index in [0.717, 1.165) is 50.7 Å². The van der Waals surface area contributed by atoms with Crippen LogP contribution in [0.15, 0.2) is 18.2 Å². The van der Waals surface area contributed by atoms with Crippen LogP contribution in [0.2, 0.25) is 5.02 Å². The standard InChI is InChI=1S/C18H24ClF3N2.2ClH/c19-16-11-14(10-15(12-16)18(20,21)22)17(13-4-2-1-3-5-13)24-8-6-23-7-9-24;;/h10-13,17,23H,1-9H2;2*1H/t17-;;/m0../s1. The first-order valence-corrected chi connectivity index (χ1v) is 9.15. The summed E-state index contributed by atoms with van der Waals surface area (Å²) in [4.78, 5) is 2.35. The van der Waals surface area contributed by atoms with Gasteiger partial charge in [-0.1, -0.05) is 30.9 Å². The zero-order valence-corrected chi connectivity index (χ0v) is 16.9. The van der Waals surface area contributed by atoms with E-state index in [-0.39, 0.29) is 35.9 Å². The predicted octanol–water partition coefficient (Wildman–Crippen LogP) is 5.73. The number of hydrogen-bond acceptors (Lipinski definition) is 2. The molecule has 0 aromatic heterocycles. The van der Waals surface area contributed by atoms with E-state index in [2.05, 4.69) is 10.2 Å². The van der Waals surface area contributed by atoms with E-state index in [0.29, 0.717) is 5.92 Å². The maximum Gasteiger partial charge on any atom is 0.416 e. The minimum Gasteiger partial charge on any atom is -0.314 e. The van der Waals surface area contributed by atoms with Crippen molar-refractivity contribution < 1.29 is 13.2 Å². The van der Waals surface area contributed by atoms with Crippen LogP contribution in [0.3, 0.4) is 0 Å². The van der Waals surface area contributed by atoms with E-state index < -0.39 is 11.7 Å². The molecule has 1 heterocycles. The van der Waals surface area contributed by atoms with Crippen molar-refractivity contribution in [1.82, 2.24) is 10.2 Å². The van der Waals surface area contributed by atoms with Gasteiger partial charge in [-0.05, 0) is 42.5 Å². The Hall–Kier alpha value is -0.200. The zero-order valence-electron chi connectivity index (χ0n) is 14.5. The molecule has 1 saturated carbocycles. The quantitative estimate of drug-likeness (QED) is 0.655. The van der Waals surface area contributed by atoms with Gasteiger partial charge in [-0.25, -0.2) is 0 Å². The lowest BCUT2D eigenvalue weighted by Crippen LogP contribution is -2.47. The van der Waals surface area contributed by atoms with Crippen LogP contribution in [-0.4, -0.2) is 31.1 Å². The predicted molar refractivity (Wildman–Crippen MR) is 105 cm³/mol. The third-order valence-electron chi connectivity index (χ3n) is 5.23. The number of nitrogens with one attached hydrogen (secondary N) is 1. The lowest BCUT2D eigenvalue weighted by Gasteiger charge is -2.41. The van der Waals surface area contributed by atoms with Gasteiger partial charge in [0.2, 0.25) is 0 Å². The SMILES string of the molecule is Cl.Cl.FC(F)(F)c1cc(Cl)cc([C@H](C2CCCCC2)N2CCNCC2)c1. The molecular weight excluding hydrogens is 408 g/mol. The Balaban J connectivity index is 0.00000169. The van der Waals surface area contributed by atoms with Crippen LogP contribution in [0.1, 0.15) is 49.3 Å². The molecule has 2 nitrogen and oxygen atoms in total. The van der Waals surface area contributed by atoms with Gasteiger partial charge >= 0.3 is 6.18 Å². The summed E-state index contributed by atoms with van der Waals surface area (Å²) in [6.07, 6.45) is 1.37. The molecule has 0 spiro atoms. The molecule has 8 heteroatoms. The highest BCUT2D eigenvalue weighted by Crippen LogP contribution is 2.41. The van der Waals surface area contributed by atoms with Crippen molar-refractivity contribution >= 4 is 36.4 Å². The largest absolute Gasteiger partial charge is 0.416 e. The average Bonchev–Trinajstić information content (AvgIpc) is 2.56. The summed E-state index contributed by atoms with van der Waals surface area (Å²) < 4.78 is 39.6. The second-order valence-electron chi connectivity index (χ2n) is 6.90. The van der Waals surface area contributed by atoms with Crippen molar-refractivity contribution in [2.45, 2.75) is 44.3 Å². The van der Waals surface area contributed by atoms with Crippen LogP contribution in [0.5, 0.6) is 0 Å². The topological polar surface area (TPSA) is 15.3 Å². The van der Waals surface area contributed by atoms with Gasteiger partial charge in [0.1, 0.15) is 0 Å². The van der Waals surface area contributed by atoms with Crippen molar-refractivity contribution in [2.24, 2.45) is 5.92 Å². The molecule has 150 valence electrons. The van der Waals surface area contributed by atoms with Crippen LogP contribution in [0, 0.1) is 5.92 Å². The summed E-state index contributed by atoms with van der Waals surface area (Å²) in [5.41, 5.74) is 0.0876. The second-order valence-corrected chi connectivity index (χ2v) is 7.34. The van der Waals surface area contributed by atoms with Crippen molar-refractivity contribution in [3.8, 4) is 0 Å². The van der Waals surface area contributed by atoms with Gasteiger partial charge in [-0.3, -0.25) is 4.90 Å². The third kappa shape index (κ3) is 5.90. The van der Waals surface area contributed by atoms with Gasteiger partial charge in [0.25, 0.3) is 0 Å². The second kappa shape index (κ2) is 10.4. The smallest absolute Gasteiger partial charge is 0.314 e. The normalized spacial score (nSPS) is 20.8. The Morgan fingerprint density at radius 3 is 2.19 bits per heavy atom. The molecule has 0 unspecified atom stereocenters. The van der Waals surface area contributed by atoms with Gasteiger partial charge in [0, 0.05) is 37.2 Å². The van der Waals surface area contributed by atoms with E-state index in [1.54, 1.807) is 6.07 Å². The number of benzene rings is 1. The lowest BCUT2D eigenvalue weighted by atomic mass is 9.80. The number of hydrogen-bond donors (Lipinski definition) is 1. The molecule has 2 fully saturated rings. The molecule has 2 aliphatic rings. The van der Waals surface area contributed by atoms with E-state index in [4.69, 9.17) is 11.6 Å². The first-order chi connectivity index (χ1) is 11.4. The highest BCUT2D eigenvalue weighted by molar-refractivity contribution is 6.30. The van der Waals surface area contributed by atoms with E-state index >= 15 is 0 Å². The molecule has 0 bridgehead atoms. The van der Waals surface area contributed by atoms with Gasteiger partial charge in [0.15, 0.2) is 0 Å². The lowest BCUT2D eigenvalue weighted by molar-refractivity contribution is -0.137. The Kier molecular flexibility index (Phi) is 9.51. The number of halogens is 6. The molecule has 1 aromatic carbocycles. The van der Waals surface area contributed by atoms with E-state index in [1.807, 2.05) is 0 Å². The van der Waals surface area contributed by atoms with Crippen LogP contribution in [0.4, 0.5) is 13.2 Å². The van der Waals surface area contributed by atoms with Crippen LogP contribution >= 0.6 is 36.4 Å². The molecule has 1 saturated heterocycles. The fraction of sp³-hybridized carbons (Fsp3) is 0.667. The van der Waals surface area contributed by atoms with Crippen LogP contribution in [-0.2, 0) is 6.18 Å². The molecule has 3 rings (SSSR count). The monoisotopic (exact) mass is 432 g/mol. The van der Waals surface area contributed by atoms with Crippen LogP contribution in [0.25, 0.3) is 0 Å². The molecule has 0 radical (unpaired) electrons. The van der Waals surface area contributed by atoms with Crippen molar-refractivity contribution in [3.05, 3.63) is 34.3 Å². The molecule has 1 atom stereocenters. The van der Waals surface area contributed by atoms with Gasteiger partial charge in [-0.2, -0.15) is 13.2 Å². The van der Waals surface area contributed by atoms with Crippen molar-refractivity contribution in [2.75, 3.05) is 26.2 Å². The number of nitrogens with zero attached hydrogens (tertiary/aromatic N) is 1. The minimum absolute atomic E-state index is 0. The third-order valence-corrected chi connectivity index (χ3v) is 5.45. The van der Waals surface area contributed by atoms with Gasteiger partial charge < -0.3 is 5.32 Å². The highest BCUT2D eigenvalue weighted by atomic mass is 35.5. The number of piperazine rings is 1. The molecule has 1 aliphatic heterocycles.